The Hall–Kier alpha value is -1.44. The molecule has 84 valence electrons. The molecule has 2 amide bonds. The molecular formula is C10H9Cl2N3O. The molecule has 1 aromatic carbocycles. The van der Waals surface area contributed by atoms with E-state index < -0.39 is 0 Å². The first-order chi connectivity index (χ1) is 7.67. The maximum Gasteiger partial charge on any atom is 0.319 e. The second-order valence-corrected chi connectivity index (χ2v) is 3.66. The van der Waals surface area contributed by atoms with Crippen LogP contribution in [0, 0.1) is 11.3 Å². The molecule has 2 N–H and O–H groups in total. The van der Waals surface area contributed by atoms with Crippen LogP contribution in [0.3, 0.4) is 0 Å². The number of benzene rings is 1. The van der Waals surface area contributed by atoms with Crippen LogP contribution in [0.5, 0.6) is 0 Å². The fraction of sp³-hybridized carbons (Fsp3) is 0.200. The summed E-state index contributed by atoms with van der Waals surface area (Å²) in [5.41, 5.74) is 0.893. The van der Waals surface area contributed by atoms with Crippen LogP contribution < -0.4 is 10.6 Å². The van der Waals surface area contributed by atoms with Crippen molar-refractivity contribution in [1.29, 1.82) is 5.26 Å². The minimum Gasteiger partial charge on any atom is -0.337 e. The van der Waals surface area contributed by atoms with E-state index in [4.69, 9.17) is 28.5 Å². The van der Waals surface area contributed by atoms with E-state index in [0.717, 1.165) is 0 Å². The quantitative estimate of drug-likeness (QED) is 0.818. The van der Waals surface area contributed by atoms with Crippen LogP contribution in [0.1, 0.15) is 5.56 Å². The van der Waals surface area contributed by atoms with Crippen molar-refractivity contribution < 1.29 is 4.79 Å². The number of amides is 2. The molecule has 0 aliphatic carbocycles. The lowest BCUT2D eigenvalue weighted by molar-refractivity contribution is 0.252. The summed E-state index contributed by atoms with van der Waals surface area (Å²) in [7, 11) is 0. The van der Waals surface area contributed by atoms with Crippen LogP contribution in [-0.2, 0) is 0 Å². The number of rotatable bonds is 3. The van der Waals surface area contributed by atoms with Crippen LogP contribution in [0.4, 0.5) is 10.5 Å². The topological polar surface area (TPSA) is 64.9 Å². The summed E-state index contributed by atoms with van der Waals surface area (Å²) in [6, 6.07) is 6.23. The molecular weight excluding hydrogens is 249 g/mol. The van der Waals surface area contributed by atoms with Crippen molar-refractivity contribution >= 4 is 34.9 Å². The van der Waals surface area contributed by atoms with Crippen LogP contribution in [0.25, 0.3) is 0 Å². The molecule has 0 atom stereocenters. The molecule has 0 aliphatic heterocycles. The third kappa shape index (κ3) is 3.61. The second-order valence-electron chi connectivity index (χ2n) is 2.88. The summed E-state index contributed by atoms with van der Waals surface area (Å²) in [5.74, 6) is 0.349. The van der Waals surface area contributed by atoms with Gasteiger partial charge in [-0.05, 0) is 18.2 Å². The number of nitriles is 1. The molecule has 6 heteroatoms. The maximum absolute atomic E-state index is 11.2. The van der Waals surface area contributed by atoms with E-state index in [1.807, 2.05) is 6.07 Å². The summed E-state index contributed by atoms with van der Waals surface area (Å²) in [4.78, 5) is 11.2. The summed E-state index contributed by atoms with van der Waals surface area (Å²) in [5, 5.41) is 14.1. The second kappa shape index (κ2) is 6.21. The summed E-state index contributed by atoms with van der Waals surface area (Å²) >= 11 is 11.2. The smallest absolute Gasteiger partial charge is 0.319 e. The van der Waals surface area contributed by atoms with Gasteiger partial charge in [-0.25, -0.2) is 4.79 Å². The zero-order chi connectivity index (χ0) is 12.0. The third-order valence-corrected chi connectivity index (χ3v) is 2.23. The molecule has 0 aromatic heterocycles. The van der Waals surface area contributed by atoms with E-state index in [2.05, 4.69) is 10.6 Å². The molecule has 0 bridgehead atoms. The van der Waals surface area contributed by atoms with Gasteiger partial charge in [0.05, 0.1) is 10.6 Å². The molecule has 0 spiro atoms. The highest BCUT2D eigenvalue weighted by Gasteiger charge is 2.04. The first-order valence-electron chi connectivity index (χ1n) is 4.48. The van der Waals surface area contributed by atoms with Gasteiger partial charge in [0.25, 0.3) is 0 Å². The molecule has 0 radical (unpaired) electrons. The Kier molecular flexibility index (Phi) is 4.90. The summed E-state index contributed by atoms with van der Waals surface area (Å²) in [6.07, 6.45) is 0. The fourth-order valence-corrected chi connectivity index (χ4v) is 1.34. The number of hydrogen-bond acceptors (Lipinski definition) is 2. The molecule has 0 heterocycles. The lowest BCUT2D eigenvalue weighted by Crippen LogP contribution is -2.30. The molecule has 0 unspecified atom stereocenters. The molecule has 0 fully saturated rings. The van der Waals surface area contributed by atoms with Gasteiger partial charge in [-0.15, -0.1) is 11.6 Å². The molecule has 0 saturated heterocycles. The van der Waals surface area contributed by atoms with Gasteiger partial charge in [0.2, 0.25) is 0 Å². The zero-order valence-corrected chi connectivity index (χ0v) is 9.77. The van der Waals surface area contributed by atoms with Gasteiger partial charge < -0.3 is 10.6 Å². The van der Waals surface area contributed by atoms with E-state index in [1.165, 1.54) is 6.07 Å². The minimum absolute atomic E-state index is 0.303. The lowest BCUT2D eigenvalue weighted by atomic mass is 10.2. The molecule has 1 rings (SSSR count). The Morgan fingerprint density at radius 3 is 2.81 bits per heavy atom. The van der Waals surface area contributed by atoms with Crippen molar-refractivity contribution in [3.63, 3.8) is 0 Å². The average molecular weight is 258 g/mol. The summed E-state index contributed by atoms with van der Waals surface area (Å²) < 4.78 is 0. The van der Waals surface area contributed by atoms with E-state index >= 15 is 0 Å². The van der Waals surface area contributed by atoms with Crippen molar-refractivity contribution in [3.05, 3.63) is 28.8 Å². The number of nitrogens with one attached hydrogen (secondary N) is 2. The van der Waals surface area contributed by atoms with Crippen LogP contribution >= 0.6 is 23.2 Å². The highest BCUT2D eigenvalue weighted by atomic mass is 35.5. The van der Waals surface area contributed by atoms with Crippen molar-refractivity contribution in [3.8, 4) is 6.07 Å². The SMILES string of the molecule is N#Cc1ccc(NC(=O)NCCCl)cc1Cl. The van der Waals surface area contributed by atoms with Gasteiger partial charge in [-0.3, -0.25) is 0 Å². The highest BCUT2D eigenvalue weighted by Crippen LogP contribution is 2.19. The molecule has 4 nitrogen and oxygen atoms in total. The Balaban J connectivity index is 2.65. The average Bonchev–Trinajstić information content (AvgIpc) is 2.26. The Morgan fingerprint density at radius 1 is 1.50 bits per heavy atom. The largest absolute Gasteiger partial charge is 0.337 e. The van der Waals surface area contributed by atoms with Gasteiger partial charge in [0.1, 0.15) is 6.07 Å². The summed E-state index contributed by atoms with van der Waals surface area (Å²) in [6.45, 7) is 0.386. The number of carbonyl (C=O) groups excluding carboxylic acids is 1. The fourth-order valence-electron chi connectivity index (χ4n) is 1.02. The lowest BCUT2D eigenvalue weighted by Gasteiger charge is -2.06. The number of nitrogens with zero attached hydrogens (tertiary/aromatic N) is 1. The monoisotopic (exact) mass is 257 g/mol. The molecule has 16 heavy (non-hydrogen) atoms. The van der Waals surface area contributed by atoms with Gasteiger partial charge in [0.15, 0.2) is 0 Å². The standard InChI is InChI=1S/C10H9Cl2N3O/c11-3-4-14-10(16)15-8-2-1-7(6-13)9(12)5-8/h1-2,5H,3-4H2,(H2,14,15,16). The van der Waals surface area contributed by atoms with Crippen molar-refractivity contribution in [2.45, 2.75) is 0 Å². The number of carbonyl (C=O) groups is 1. The predicted molar refractivity (Wildman–Crippen MR) is 63.9 cm³/mol. The van der Waals surface area contributed by atoms with E-state index in [-0.39, 0.29) is 6.03 Å². The molecule has 0 saturated carbocycles. The number of halogens is 2. The normalized spacial score (nSPS) is 9.31. The van der Waals surface area contributed by atoms with Crippen molar-refractivity contribution in [2.75, 3.05) is 17.7 Å². The number of anilines is 1. The van der Waals surface area contributed by atoms with Crippen LogP contribution in [0.2, 0.25) is 5.02 Å². The molecule has 0 aliphatic rings. The number of alkyl halides is 1. The minimum atomic E-state index is -0.360. The highest BCUT2D eigenvalue weighted by molar-refractivity contribution is 6.32. The maximum atomic E-state index is 11.2. The molecule has 1 aromatic rings. The Morgan fingerprint density at radius 2 is 2.25 bits per heavy atom. The van der Waals surface area contributed by atoms with Gasteiger partial charge >= 0.3 is 6.03 Å². The Bertz CT molecular complexity index is 429. The Labute approximate surface area is 103 Å². The van der Waals surface area contributed by atoms with E-state index in [9.17, 15) is 4.79 Å². The van der Waals surface area contributed by atoms with Gasteiger partial charge in [-0.2, -0.15) is 5.26 Å². The first-order valence-corrected chi connectivity index (χ1v) is 5.39. The number of urea groups is 1. The number of hydrogen-bond donors (Lipinski definition) is 2. The van der Waals surface area contributed by atoms with Crippen LogP contribution in [0.15, 0.2) is 18.2 Å². The predicted octanol–water partition coefficient (Wildman–Crippen LogP) is 2.57. The zero-order valence-electron chi connectivity index (χ0n) is 8.26. The van der Waals surface area contributed by atoms with Crippen LogP contribution in [-0.4, -0.2) is 18.5 Å². The third-order valence-electron chi connectivity index (χ3n) is 1.73. The van der Waals surface area contributed by atoms with Crippen molar-refractivity contribution in [2.24, 2.45) is 0 Å². The first kappa shape index (κ1) is 12.6. The van der Waals surface area contributed by atoms with Gasteiger partial charge in [0, 0.05) is 18.1 Å². The van der Waals surface area contributed by atoms with E-state index in [0.29, 0.717) is 28.7 Å². The van der Waals surface area contributed by atoms with E-state index in [1.54, 1.807) is 12.1 Å². The van der Waals surface area contributed by atoms with Crippen molar-refractivity contribution in [1.82, 2.24) is 5.32 Å². The van der Waals surface area contributed by atoms with Gasteiger partial charge in [-0.1, -0.05) is 11.6 Å².